The van der Waals surface area contributed by atoms with Crippen LogP contribution in [-0.4, -0.2) is 17.1 Å². The van der Waals surface area contributed by atoms with Crippen molar-refractivity contribution in [2.75, 3.05) is 0 Å². The van der Waals surface area contributed by atoms with Crippen LogP contribution in [0.2, 0.25) is 0 Å². The molecule has 1 aromatic heterocycles. The second-order valence-electron chi connectivity index (χ2n) is 5.82. The zero-order valence-corrected chi connectivity index (χ0v) is 12.3. The highest BCUT2D eigenvalue weighted by atomic mass is 19.4. The fourth-order valence-corrected chi connectivity index (χ4v) is 2.86. The van der Waals surface area contributed by atoms with Gasteiger partial charge in [0, 0.05) is 6.04 Å². The Bertz CT molecular complexity index is 525. The number of aryl methyl sites for hydroxylation is 1. The van der Waals surface area contributed by atoms with Gasteiger partial charge in [0.1, 0.15) is 5.56 Å². The Hall–Kier alpha value is -1.53. The first kappa shape index (κ1) is 15.9. The topological polar surface area (TPSA) is 55.1 Å². The van der Waals surface area contributed by atoms with Crippen LogP contribution in [0.4, 0.5) is 13.2 Å². The lowest BCUT2D eigenvalue weighted by atomic mass is 9.78. The van der Waals surface area contributed by atoms with Gasteiger partial charge in [-0.2, -0.15) is 13.2 Å². The summed E-state index contributed by atoms with van der Waals surface area (Å²) in [5.41, 5.74) is -0.552. The third-order valence-corrected chi connectivity index (χ3v) is 4.37. The molecule has 1 aliphatic rings. The van der Waals surface area contributed by atoms with Crippen LogP contribution in [0, 0.1) is 18.8 Å². The molecule has 1 aliphatic carbocycles. The van der Waals surface area contributed by atoms with Gasteiger partial charge < -0.3 is 9.84 Å². The fourth-order valence-electron chi connectivity index (χ4n) is 2.86. The predicted molar refractivity (Wildman–Crippen MR) is 69.7 cm³/mol. The van der Waals surface area contributed by atoms with Crippen LogP contribution in [-0.2, 0) is 6.18 Å². The number of amides is 1. The van der Waals surface area contributed by atoms with E-state index in [0.717, 1.165) is 19.3 Å². The van der Waals surface area contributed by atoms with Crippen LogP contribution >= 0.6 is 0 Å². The van der Waals surface area contributed by atoms with Crippen molar-refractivity contribution >= 4 is 5.91 Å². The van der Waals surface area contributed by atoms with E-state index in [2.05, 4.69) is 21.9 Å². The molecule has 3 atom stereocenters. The Morgan fingerprint density at radius 1 is 1.33 bits per heavy atom. The molecule has 1 heterocycles. The number of carbonyl (C=O) groups excluding carboxylic acids is 1. The summed E-state index contributed by atoms with van der Waals surface area (Å²) in [5, 5.41) is 5.99. The summed E-state index contributed by atoms with van der Waals surface area (Å²) >= 11 is 0. The highest BCUT2D eigenvalue weighted by Gasteiger charge is 2.42. The first-order valence-electron chi connectivity index (χ1n) is 7.06. The molecule has 4 nitrogen and oxygen atoms in total. The third kappa shape index (κ3) is 3.22. The van der Waals surface area contributed by atoms with E-state index >= 15 is 0 Å². The lowest BCUT2D eigenvalue weighted by molar-refractivity contribution is -0.155. The summed E-state index contributed by atoms with van der Waals surface area (Å²) in [4.78, 5) is 12.2. The van der Waals surface area contributed by atoms with Crippen molar-refractivity contribution in [3.63, 3.8) is 0 Å². The molecule has 0 saturated heterocycles. The van der Waals surface area contributed by atoms with E-state index in [4.69, 9.17) is 0 Å². The summed E-state index contributed by atoms with van der Waals surface area (Å²) < 4.78 is 42.8. The van der Waals surface area contributed by atoms with Crippen molar-refractivity contribution < 1.29 is 22.5 Å². The Morgan fingerprint density at radius 2 is 2.00 bits per heavy atom. The van der Waals surface area contributed by atoms with E-state index in [1.54, 1.807) is 0 Å². The average molecular weight is 304 g/mol. The molecule has 21 heavy (non-hydrogen) atoms. The molecule has 0 bridgehead atoms. The minimum atomic E-state index is -4.72. The minimum Gasteiger partial charge on any atom is -0.351 e. The molecule has 0 aliphatic heterocycles. The van der Waals surface area contributed by atoms with Gasteiger partial charge in [0.25, 0.3) is 11.7 Å². The van der Waals surface area contributed by atoms with Crippen molar-refractivity contribution in [1.82, 2.24) is 10.5 Å². The Morgan fingerprint density at radius 3 is 2.62 bits per heavy atom. The Kier molecular flexibility index (Phi) is 4.30. The molecule has 1 saturated carbocycles. The maximum atomic E-state index is 12.8. The molecule has 2 rings (SSSR count). The average Bonchev–Trinajstić information content (AvgIpc) is 2.77. The molecular weight excluding hydrogens is 285 g/mol. The van der Waals surface area contributed by atoms with Gasteiger partial charge in [-0.05, 0) is 25.2 Å². The first-order valence-corrected chi connectivity index (χ1v) is 7.06. The summed E-state index contributed by atoms with van der Waals surface area (Å²) in [6, 6.07) is -0.114. The Labute approximate surface area is 121 Å². The standard InChI is InChI=1S/C14H19F3N2O2/c1-7-5-4-6-10(8(7)2)18-13(20)11-9(3)19-21-12(11)14(15,16)17/h7-8,10H,4-6H2,1-3H3,(H,18,20)/t7-,8-,10+/m0/s1. The van der Waals surface area contributed by atoms with Gasteiger partial charge in [-0.1, -0.05) is 31.8 Å². The van der Waals surface area contributed by atoms with Crippen LogP contribution in [0.15, 0.2) is 4.52 Å². The second kappa shape index (κ2) is 5.69. The maximum Gasteiger partial charge on any atom is 0.453 e. The number of nitrogens with zero attached hydrogens (tertiary/aromatic N) is 1. The Balaban J connectivity index is 2.19. The van der Waals surface area contributed by atoms with Crippen LogP contribution in [0.3, 0.4) is 0 Å². The molecule has 7 heteroatoms. The van der Waals surface area contributed by atoms with E-state index in [-0.39, 0.29) is 17.7 Å². The smallest absolute Gasteiger partial charge is 0.351 e. The van der Waals surface area contributed by atoms with Crippen molar-refractivity contribution in [2.45, 2.75) is 52.3 Å². The molecule has 118 valence electrons. The number of hydrogen-bond donors (Lipinski definition) is 1. The van der Waals surface area contributed by atoms with E-state index in [1.807, 2.05) is 6.92 Å². The number of nitrogens with one attached hydrogen (secondary N) is 1. The van der Waals surface area contributed by atoms with E-state index < -0.39 is 23.4 Å². The third-order valence-electron chi connectivity index (χ3n) is 4.37. The summed E-state index contributed by atoms with van der Waals surface area (Å²) in [5.74, 6) is -1.41. The maximum absolute atomic E-state index is 12.8. The number of halogens is 3. The summed E-state index contributed by atoms with van der Waals surface area (Å²) in [6.45, 7) is 5.44. The highest BCUT2D eigenvalue weighted by molar-refractivity contribution is 5.96. The first-order chi connectivity index (χ1) is 9.71. The molecule has 1 fully saturated rings. The zero-order valence-electron chi connectivity index (χ0n) is 12.3. The number of rotatable bonds is 2. The fraction of sp³-hybridized carbons (Fsp3) is 0.714. The minimum absolute atomic E-state index is 0.0451. The van der Waals surface area contributed by atoms with Gasteiger partial charge in [-0.15, -0.1) is 0 Å². The highest BCUT2D eigenvalue weighted by Crippen LogP contribution is 2.34. The largest absolute Gasteiger partial charge is 0.453 e. The van der Waals surface area contributed by atoms with Crippen molar-refractivity contribution in [3.05, 3.63) is 17.0 Å². The molecule has 1 N–H and O–H groups in total. The van der Waals surface area contributed by atoms with E-state index in [0.29, 0.717) is 5.92 Å². The lowest BCUT2D eigenvalue weighted by Crippen LogP contribution is -2.44. The van der Waals surface area contributed by atoms with Gasteiger partial charge in [-0.25, -0.2) is 0 Å². The molecular formula is C14H19F3N2O2. The van der Waals surface area contributed by atoms with Crippen LogP contribution < -0.4 is 5.32 Å². The quantitative estimate of drug-likeness (QED) is 0.909. The van der Waals surface area contributed by atoms with Crippen molar-refractivity contribution in [2.24, 2.45) is 11.8 Å². The molecule has 0 radical (unpaired) electrons. The molecule has 0 spiro atoms. The van der Waals surface area contributed by atoms with Gasteiger partial charge in [0.05, 0.1) is 5.69 Å². The number of alkyl halides is 3. The van der Waals surface area contributed by atoms with Crippen molar-refractivity contribution in [1.29, 1.82) is 0 Å². The number of hydrogen-bond acceptors (Lipinski definition) is 3. The predicted octanol–water partition coefficient (Wildman–Crippen LogP) is 3.56. The van der Waals surface area contributed by atoms with Crippen LogP contribution in [0.1, 0.15) is 54.9 Å². The molecule has 0 aromatic carbocycles. The van der Waals surface area contributed by atoms with Gasteiger partial charge >= 0.3 is 6.18 Å². The molecule has 0 unspecified atom stereocenters. The lowest BCUT2D eigenvalue weighted by Gasteiger charge is -2.34. The summed E-state index contributed by atoms with van der Waals surface area (Å²) in [6.07, 6.45) is -1.90. The second-order valence-corrected chi connectivity index (χ2v) is 5.82. The van der Waals surface area contributed by atoms with Gasteiger partial charge in [-0.3, -0.25) is 4.79 Å². The summed E-state index contributed by atoms with van der Waals surface area (Å²) in [7, 11) is 0. The van der Waals surface area contributed by atoms with E-state index in [1.165, 1.54) is 6.92 Å². The van der Waals surface area contributed by atoms with Crippen LogP contribution in [0.5, 0.6) is 0 Å². The number of carbonyl (C=O) groups is 1. The van der Waals surface area contributed by atoms with Crippen LogP contribution in [0.25, 0.3) is 0 Å². The molecule has 1 aromatic rings. The van der Waals surface area contributed by atoms with Crippen molar-refractivity contribution in [3.8, 4) is 0 Å². The monoisotopic (exact) mass is 304 g/mol. The van der Waals surface area contributed by atoms with Gasteiger partial charge in [0.2, 0.25) is 0 Å². The normalized spacial score (nSPS) is 26.7. The van der Waals surface area contributed by atoms with E-state index in [9.17, 15) is 18.0 Å². The van der Waals surface area contributed by atoms with Gasteiger partial charge in [0.15, 0.2) is 0 Å². The SMILES string of the molecule is Cc1noc(C(F)(F)F)c1C(=O)N[C@@H]1CCC[C@H](C)[C@@H]1C. The zero-order chi connectivity index (χ0) is 15.8. The molecule has 1 amide bonds. The number of aromatic nitrogens is 1.